The third-order valence-corrected chi connectivity index (χ3v) is 3.15. The summed E-state index contributed by atoms with van der Waals surface area (Å²) < 4.78 is 6.04. The maximum absolute atomic E-state index is 5.43. The number of thiazole rings is 1. The first-order chi connectivity index (χ1) is 5.77. The number of rotatable bonds is 4. The Balaban J connectivity index is 2.70. The Bertz CT molecular complexity index is 252. The predicted molar refractivity (Wildman–Crippen MR) is 53.3 cm³/mol. The Labute approximate surface area is 84.1 Å². The normalized spacial score (nSPS) is 10.6. The van der Waals surface area contributed by atoms with Crippen LogP contribution in [0.3, 0.4) is 0 Å². The third-order valence-electron chi connectivity index (χ3n) is 1.34. The predicted octanol–water partition coefficient (Wildman–Crippen LogP) is 1.55. The molecule has 0 amide bonds. The number of hydrogen-bond donors (Lipinski definition) is 1. The minimum Gasteiger partial charge on any atom is -0.378 e. The Kier molecular flexibility index (Phi) is 4.14. The number of nitrogens with zero attached hydrogens (tertiary/aromatic N) is 1. The van der Waals surface area contributed by atoms with E-state index in [1.807, 2.05) is 0 Å². The van der Waals surface area contributed by atoms with Crippen LogP contribution in [-0.2, 0) is 17.8 Å². The van der Waals surface area contributed by atoms with E-state index in [0.29, 0.717) is 13.2 Å². The van der Waals surface area contributed by atoms with Gasteiger partial charge in [-0.15, -0.1) is 11.3 Å². The van der Waals surface area contributed by atoms with E-state index < -0.39 is 0 Å². The molecule has 0 radical (unpaired) electrons. The Hall–Kier alpha value is 0.0300. The van der Waals surface area contributed by atoms with Crippen LogP contribution in [0.5, 0.6) is 0 Å². The first-order valence-corrected chi connectivity index (χ1v) is 5.22. The molecule has 0 aliphatic carbocycles. The third kappa shape index (κ3) is 2.52. The van der Waals surface area contributed by atoms with Crippen molar-refractivity contribution in [2.45, 2.75) is 13.0 Å². The lowest BCUT2D eigenvalue weighted by Gasteiger charge is -1.91. The molecule has 1 aromatic rings. The van der Waals surface area contributed by atoms with Gasteiger partial charge in [0.1, 0.15) is 5.01 Å². The molecule has 1 aromatic heterocycles. The number of aromatic nitrogens is 1. The highest BCUT2D eigenvalue weighted by molar-refractivity contribution is 9.11. The summed E-state index contributed by atoms with van der Waals surface area (Å²) in [6, 6.07) is 0. The van der Waals surface area contributed by atoms with Crippen molar-refractivity contribution in [1.82, 2.24) is 4.98 Å². The average Bonchev–Trinajstić information content (AvgIpc) is 2.34. The van der Waals surface area contributed by atoms with Gasteiger partial charge in [-0.2, -0.15) is 0 Å². The van der Waals surface area contributed by atoms with E-state index in [1.165, 1.54) is 0 Å². The van der Waals surface area contributed by atoms with Gasteiger partial charge in [-0.1, -0.05) is 0 Å². The molecule has 68 valence electrons. The van der Waals surface area contributed by atoms with Crippen molar-refractivity contribution in [2.75, 3.05) is 13.7 Å². The fourth-order valence-corrected chi connectivity index (χ4v) is 2.51. The molecule has 0 atom stereocenters. The second-order valence-electron chi connectivity index (χ2n) is 2.30. The van der Waals surface area contributed by atoms with Gasteiger partial charge in [-0.25, -0.2) is 4.98 Å². The number of ether oxygens (including phenoxy) is 1. The largest absolute Gasteiger partial charge is 0.378 e. The molecule has 5 heteroatoms. The summed E-state index contributed by atoms with van der Waals surface area (Å²) in [7, 11) is 1.66. The Morgan fingerprint density at radius 2 is 2.42 bits per heavy atom. The van der Waals surface area contributed by atoms with E-state index in [2.05, 4.69) is 20.9 Å². The van der Waals surface area contributed by atoms with Crippen LogP contribution in [0.25, 0.3) is 0 Å². The van der Waals surface area contributed by atoms with Crippen molar-refractivity contribution < 1.29 is 4.74 Å². The van der Waals surface area contributed by atoms with E-state index in [-0.39, 0.29) is 0 Å². The maximum atomic E-state index is 5.43. The SMILES string of the molecule is COCc1nc(CCN)c(Br)s1. The van der Waals surface area contributed by atoms with Crippen LogP contribution in [0, 0.1) is 0 Å². The first-order valence-electron chi connectivity index (χ1n) is 3.61. The van der Waals surface area contributed by atoms with Crippen molar-refractivity contribution in [3.63, 3.8) is 0 Å². The Morgan fingerprint density at radius 1 is 1.67 bits per heavy atom. The first kappa shape index (κ1) is 10.1. The minimum atomic E-state index is 0.577. The second kappa shape index (κ2) is 4.91. The van der Waals surface area contributed by atoms with Crippen molar-refractivity contribution in [3.8, 4) is 0 Å². The molecule has 0 spiro atoms. The number of hydrogen-bond acceptors (Lipinski definition) is 4. The van der Waals surface area contributed by atoms with E-state index in [1.54, 1.807) is 18.4 Å². The fourth-order valence-electron chi connectivity index (χ4n) is 0.856. The molecular weight excluding hydrogens is 240 g/mol. The van der Waals surface area contributed by atoms with E-state index in [9.17, 15) is 0 Å². The molecule has 2 N–H and O–H groups in total. The molecule has 0 aliphatic rings. The van der Waals surface area contributed by atoms with Crippen LogP contribution in [0.2, 0.25) is 0 Å². The molecule has 0 aromatic carbocycles. The zero-order chi connectivity index (χ0) is 8.97. The molecule has 0 unspecified atom stereocenters. The fraction of sp³-hybridized carbons (Fsp3) is 0.571. The van der Waals surface area contributed by atoms with Gasteiger partial charge in [-0.3, -0.25) is 0 Å². The summed E-state index contributed by atoms with van der Waals surface area (Å²) >= 11 is 5.04. The topological polar surface area (TPSA) is 48.1 Å². The van der Waals surface area contributed by atoms with E-state index in [0.717, 1.165) is 20.9 Å². The van der Waals surface area contributed by atoms with Gasteiger partial charge in [0, 0.05) is 13.5 Å². The second-order valence-corrected chi connectivity index (χ2v) is 4.70. The summed E-state index contributed by atoms with van der Waals surface area (Å²) in [5, 5.41) is 0.993. The molecule has 0 saturated carbocycles. The van der Waals surface area contributed by atoms with Gasteiger partial charge in [0.25, 0.3) is 0 Å². The van der Waals surface area contributed by atoms with Crippen LogP contribution in [0.4, 0.5) is 0 Å². The standard InChI is InChI=1S/C7H11BrN2OS/c1-11-4-6-10-5(2-3-9)7(8)12-6/h2-4,9H2,1H3. The molecule has 0 aliphatic heterocycles. The van der Waals surface area contributed by atoms with E-state index in [4.69, 9.17) is 10.5 Å². The summed E-state index contributed by atoms with van der Waals surface area (Å²) in [5.74, 6) is 0. The molecule has 0 saturated heterocycles. The van der Waals surface area contributed by atoms with Crippen LogP contribution in [0.15, 0.2) is 3.79 Å². The summed E-state index contributed by atoms with van der Waals surface area (Å²) in [6.45, 7) is 1.21. The van der Waals surface area contributed by atoms with Crippen LogP contribution in [-0.4, -0.2) is 18.6 Å². The lowest BCUT2D eigenvalue weighted by atomic mass is 10.3. The molecule has 3 nitrogen and oxygen atoms in total. The van der Waals surface area contributed by atoms with Crippen LogP contribution in [0.1, 0.15) is 10.7 Å². The lowest BCUT2D eigenvalue weighted by molar-refractivity contribution is 0.184. The highest BCUT2D eigenvalue weighted by Crippen LogP contribution is 2.25. The lowest BCUT2D eigenvalue weighted by Crippen LogP contribution is -2.03. The Morgan fingerprint density at radius 3 is 3.00 bits per heavy atom. The highest BCUT2D eigenvalue weighted by Gasteiger charge is 2.06. The molecular formula is C7H11BrN2OS. The van der Waals surface area contributed by atoms with Gasteiger partial charge >= 0.3 is 0 Å². The smallest absolute Gasteiger partial charge is 0.120 e. The van der Waals surface area contributed by atoms with Gasteiger partial charge in [0.2, 0.25) is 0 Å². The van der Waals surface area contributed by atoms with Crippen molar-refractivity contribution in [3.05, 3.63) is 14.5 Å². The number of halogens is 1. The number of nitrogens with two attached hydrogens (primary N) is 1. The zero-order valence-electron chi connectivity index (χ0n) is 6.84. The van der Waals surface area contributed by atoms with Crippen LogP contribution < -0.4 is 5.73 Å². The molecule has 0 bridgehead atoms. The maximum Gasteiger partial charge on any atom is 0.120 e. The minimum absolute atomic E-state index is 0.577. The van der Waals surface area contributed by atoms with Gasteiger partial charge < -0.3 is 10.5 Å². The molecule has 12 heavy (non-hydrogen) atoms. The van der Waals surface area contributed by atoms with Crippen molar-refractivity contribution in [2.24, 2.45) is 5.73 Å². The van der Waals surface area contributed by atoms with Gasteiger partial charge in [0.05, 0.1) is 16.1 Å². The summed E-state index contributed by atoms with van der Waals surface area (Å²) in [5.41, 5.74) is 6.46. The molecule has 0 fully saturated rings. The van der Waals surface area contributed by atoms with Gasteiger partial charge in [-0.05, 0) is 22.5 Å². The van der Waals surface area contributed by atoms with E-state index >= 15 is 0 Å². The monoisotopic (exact) mass is 250 g/mol. The van der Waals surface area contributed by atoms with Crippen LogP contribution >= 0.6 is 27.3 Å². The molecule has 1 rings (SSSR count). The van der Waals surface area contributed by atoms with Gasteiger partial charge in [0.15, 0.2) is 0 Å². The summed E-state index contributed by atoms with van der Waals surface area (Å²) in [4.78, 5) is 4.36. The highest BCUT2D eigenvalue weighted by atomic mass is 79.9. The zero-order valence-corrected chi connectivity index (χ0v) is 9.24. The summed E-state index contributed by atoms with van der Waals surface area (Å²) in [6.07, 6.45) is 0.820. The number of methoxy groups -OCH3 is 1. The average molecular weight is 251 g/mol. The van der Waals surface area contributed by atoms with Crippen molar-refractivity contribution >= 4 is 27.3 Å². The quantitative estimate of drug-likeness (QED) is 0.883. The molecule has 1 heterocycles. The van der Waals surface area contributed by atoms with Crippen molar-refractivity contribution in [1.29, 1.82) is 0 Å².